The topological polar surface area (TPSA) is 53.6 Å². The molecule has 2 N–H and O–H groups in total. The van der Waals surface area contributed by atoms with Gasteiger partial charge in [0.15, 0.2) is 0 Å². The molecule has 2 heterocycles. The van der Waals surface area contributed by atoms with Gasteiger partial charge in [-0.3, -0.25) is 9.69 Å². The molecule has 0 radical (unpaired) electrons. The van der Waals surface area contributed by atoms with Gasteiger partial charge in [-0.25, -0.2) is 0 Å². The molecule has 0 aliphatic carbocycles. The van der Waals surface area contributed by atoms with Gasteiger partial charge in [-0.15, -0.1) is 24.8 Å². The highest BCUT2D eigenvalue weighted by Crippen LogP contribution is 2.20. The molecule has 0 saturated carbocycles. The average molecular weight is 404 g/mol. The fourth-order valence-corrected chi connectivity index (χ4v) is 3.61. The smallest absolute Gasteiger partial charge is 0.237 e. The molecule has 148 valence electrons. The molecule has 7 heteroatoms. The van der Waals surface area contributed by atoms with E-state index in [1.165, 1.54) is 5.56 Å². The number of amides is 1. The largest absolute Gasteiger partial charge is 0.497 e. The summed E-state index contributed by atoms with van der Waals surface area (Å²) in [5.74, 6) is 1.71. The number of rotatable bonds is 6. The predicted molar refractivity (Wildman–Crippen MR) is 110 cm³/mol. The maximum atomic E-state index is 12.1. The van der Waals surface area contributed by atoms with Crippen LogP contribution in [0.25, 0.3) is 0 Å². The minimum atomic E-state index is 0. The molecule has 0 aromatic heterocycles. The Labute approximate surface area is 169 Å². The number of benzene rings is 1. The summed E-state index contributed by atoms with van der Waals surface area (Å²) in [5.41, 5.74) is 1.33. The Morgan fingerprint density at radius 3 is 2.46 bits per heavy atom. The van der Waals surface area contributed by atoms with E-state index in [1.54, 1.807) is 7.11 Å². The number of carbonyl (C=O) groups is 1. The molecule has 26 heavy (non-hydrogen) atoms. The first kappa shape index (κ1) is 23.0. The molecular weight excluding hydrogens is 373 g/mol. The van der Waals surface area contributed by atoms with Gasteiger partial charge < -0.3 is 15.4 Å². The van der Waals surface area contributed by atoms with Gasteiger partial charge in [-0.05, 0) is 68.9 Å². The summed E-state index contributed by atoms with van der Waals surface area (Å²) in [6.45, 7) is 5.01. The van der Waals surface area contributed by atoms with Crippen molar-refractivity contribution in [3.05, 3.63) is 29.8 Å². The van der Waals surface area contributed by atoms with Crippen molar-refractivity contribution in [3.63, 3.8) is 0 Å². The van der Waals surface area contributed by atoms with Crippen molar-refractivity contribution in [2.45, 2.75) is 38.3 Å². The van der Waals surface area contributed by atoms with Crippen LogP contribution in [0, 0.1) is 5.92 Å². The second-order valence-corrected chi connectivity index (χ2v) is 6.96. The van der Waals surface area contributed by atoms with Gasteiger partial charge in [-0.2, -0.15) is 0 Å². The predicted octanol–water partition coefficient (Wildman–Crippen LogP) is 2.62. The van der Waals surface area contributed by atoms with Crippen LogP contribution in [0.1, 0.15) is 31.2 Å². The number of nitrogens with zero attached hydrogens (tertiary/aromatic N) is 1. The summed E-state index contributed by atoms with van der Waals surface area (Å²) in [6.07, 6.45) is 4.41. The summed E-state index contributed by atoms with van der Waals surface area (Å²) in [4.78, 5) is 14.6. The van der Waals surface area contributed by atoms with E-state index in [4.69, 9.17) is 4.74 Å². The molecule has 2 aliphatic heterocycles. The van der Waals surface area contributed by atoms with Gasteiger partial charge in [0, 0.05) is 13.1 Å². The second kappa shape index (κ2) is 11.7. The van der Waals surface area contributed by atoms with Gasteiger partial charge >= 0.3 is 0 Å². The van der Waals surface area contributed by atoms with Crippen molar-refractivity contribution in [1.29, 1.82) is 0 Å². The Balaban J connectivity index is 0.00000169. The lowest BCUT2D eigenvalue weighted by Crippen LogP contribution is -2.44. The highest BCUT2D eigenvalue weighted by Gasteiger charge is 2.24. The zero-order valence-corrected chi connectivity index (χ0v) is 17.0. The Kier molecular flexibility index (Phi) is 10.3. The molecule has 2 fully saturated rings. The number of nitrogens with one attached hydrogen (secondary N) is 2. The van der Waals surface area contributed by atoms with Crippen molar-refractivity contribution < 1.29 is 9.53 Å². The summed E-state index contributed by atoms with van der Waals surface area (Å²) in [7, 11) is 1.70. The van der Waals surface area contributed by atoms with Crippen LogP contribution >= 0.6 is 24.8 Å². The third-order valence-corrected chi connectivity index (χ3v) is 5.21. The third kappa shape index (κ3) is 6.62. The van der Waals surface area contributed by atoms with Crippen molar-refractivity contribution >= 4 is 30.7 Å². The Morgan fingerprint density at radius 1 is 1.19 bits per heavy atom. The van der Waals surface area contributed by atoms with Crippen molar-refractivity contribution in [1.82, 2.24) is 15.5 Å². The van der Waals surface area contributed by atoms with E-state index in [1.807, 2.05) is 12.1 Å². The number of carbonyl (C=O) groups excluding carboxylic acids is 1. The Hall–Kier alpha value is -1.01. The van der Waals surface area contributed by atoms with E-state index >= 15 is 0 Å². The fourth-order valence-electron chi connectivity index (χ4n) is 3.61. The van der Waals surface area contributed by atoms with Crippen molar-refractivity contribution in [2.24, 2.45) is 5.92 Å². The second-order valence-electron chi connectivity index (χ2n) is 6.96. The molecule has 1 amide bonds. The summed E-state index contributed by atoms with van der Waals surface area (Å²) >= 11 is 0. The highest BCUT2D eigenvalue weighted by atomic mass is 35.5. The van der Waals surface area contributed by atoms with E-state index in [0.29, 0.717) is 5.92 Å². The molecule has 1 aromatic rings. The van der Waals surface area contributed by atoms with Gasteiger partial charge in [0.05, 0.1) is 13.2 Å². The Morgan fingerprint density at radius 2 is 1.88 bits per heavy atom. The number of methoxy groups -OCH3 is 1. The lowest BCUT2D eigenvalue weighted by molar-refractivity contribution is -0.123. The molecule has 5 nitrogen and oxygen atoms in total. The Bertz CT molecular complexity index is 528. The first-order valence-electron chi connectivity index (χ1n) is 9.11. The van der Waals surface area contributed by atoms with Crippen LogP contribution in [-0.4, -0.2) is 50.1 Å². The minimum Gasteiger partial charge on any atom is -0.497 e. The van der Waals surface area contributed by atoms with Crippen LogP contribution < -0.4 is 15.4 Å². The van der Waals surface area contributed by atoms with E-state index in [0.717, 1.165) is 64.2 Å². The summed E-state index contributed by atoms with van der Waals surface area (Å²) in [6, 6.07) is 8.36. The maximum Gasteiger partial charge on any atom is 0.237 e. The van der Waals surface area contributed by atoms with Crippen LogP contribution in [0.2, 0.25) is 0 Å². The van der Waals surface area contributed by atoms with E-state index in [2.05, 4.69) is 27.7 Å². The van der Waals surface area contributed by atoms with Gasteiger partial charge in [0.25, 0.3) is 0 Å². The normalized spacial score (nSPS) is 20.7. The van der Waals surface area contributed by atoms with Crippen LogP contribution in [-0.2, 0) is 11.3 Å². The van der Waals surface area contributed by atoms with E-state index in [-0.39, 0.29) is 36.8 Å². The number of halogens is 2. The number of hydrogen-bond acceptors (Lipinski definition) is 4. The van der Waals surface area contributed by atoms with Crippen molar-refractivity contribution in [2.75, 3.05) is 33.3 Å². The number of likely N-dealkylation sites (tertiary alicyclic amines) is 1. The molecule has 1 aromatic carbocycles. The van der Waals surface area contributed by atoms with Crippen LogP contribution in [0.5, 0.6) is 5.75 Å². The van der Waals surface area contributed by atoms with Gasteiger partial charge in [0.1, 0.15) is 5.75 Å². The first-order chi connectivity index (χ1) is 11.7. The SMILES string of the molecule is COc1ccc(CN2CCC(CNC(=O)C3CCCN3)CC2)cc1.Cl.Cl. The maximum absolute atomic E-state index is 12.1. The molecule has 2 saturated heterocycles. The molecule has 1 unspecified atom stereocenters. The third-order valence-electron chi connectivity index (χ3n) is 5.21. The average Bonchev–Trinajstić information content (AvgIpc) is 3.16. The lowest BCUT2D eigenvalue weighted by Gasteiger charge is -2.32. The van der Waals surface area contributed by atoms with E-state index < -0.39 is 0 Å². The lowest BCUT2D eigenvalue weighted by atomic mass is 9.96. The minimum absolute atomic E-state index is 0. The summed E-state index contributed by atoms with van der Waals surface area (Å²) < 4.78 is 5.20. The van der Waals surface area contributed by atoms with E-state index in [9.17, 15) is 4.79 Å². The molecule has 0 bridgehead atoms. The summed E-state index contributed by atoms with van der Waals surface area (Å²) in [5, 5.41) is 6.40. The number of hydrogen-bond donors (Lipinski definition) is 2. The molecule has 2 aliphatic rings. The van der Waals surface area contributed by atoms with Gasteiger partial charge in [0.2, 0.25) is 5.91 Å². The zero-order valence-electron chi connectivity index (χ0n) is 15.4. The van der Waals surface area contributed by atoms with Crippen LogP contribution in [0.15, 0.2) is 24.3 Å². The molecular formula is C19H31Cl2N3O2. The fraction of sp³-hybridized carbons (Fsp3) is 0.632. The highest BCUT2D eigenvalue weighted by molar-refractivity contribution is 5.85. The van der Waals surface area contributed by atoms with Gasteiger partial charge in [-0.1, -0.05) is 12.1 Å². The van der Waals surface area contributed by atoms with Crippen LogP contribution in [0.3, 0.4) is 0 Å². The van der Waals surface area contributed by atoms with Crippen LogP contribution in [0.4, 0.5) is 0 Å². The monoisotopic (exact) mass is 403 g/mol. The number of ether oxygens (including phenoxy) is 1. The zero-order chi connectivity index (χ0) is 16.8. The molecule has 3 rings (SSSR count). The standard InChI is InChI=1S/C19H29N3O2.2ClH/c1-24-17-6-4-16(5-7-17)14-22-11-8-15(9-12-22)13-21-19(23)18-3-2-10-20-18;;/h4-7,15,18,20H,2-3,8-14H2,1H3,(H,21,23);2*1H. The first-order valence-corrected chi connectivity index (χ1v) is 9.11. The quantitative estimate of drug-likeness (QED) is 0.766. The molecule has 0 spiro atoms. The number of piperidine rings is 1. The molecule has 1 atom stereocenters. The van der Waals surface area contributed by atoms with Crippen molar-refractivity contribution in [3.8, 4) is 5.75 Å².